The van der Waals surface area contributed by atoms with Crippen molar-refractivity contribution in [3.8, 4) is 0 Å². The number of hydrogen-bond donors (Lipinski definition) is 2. The molecule has 2 aromatic carbocycles. The molecule has 6 heteroatoms. The van der Waals surface area contributed by atoms with Crippen LogP contribution in [0.4, 0.5) is 0 Å². The lowest BCUT2D eigenvalue weighted by Gasteiger charge is -2.16. The van der Waals surface area contributed by atoms with Crippen LogP contribution in [0.3, 0.4) is 0 Å². The summed E-state index contributed by atoms with van der Waals surface area (Å²) in [5.74, 6) is 0.819. The van der Waals surface area contributed by atoms with Crippen LogP contribution in [0.2, 0.25) is 5.02 Å². The van der Waals surface area contributed by atoms with E-state index in [1.165, 1.54) is 5.56 Å². The summed E-state index contributed by atoms with van der Waals surface area (Å²) in [5.41, 5.74) is 8.27. The van der Waals surface area contributed by atoms with Gasteiger partial charge in [0.25, 0.3) is 0 Å². The van der Waals surface area contributed by atoms with E-state index in [1.54, 1.807) is 0 Å². The molecule has 0 aromatic heterocycles. The third-order valence-electron chi connectivity index (χ3n) is 4.79. The van der Waals surface area contributed by atoms with Crippen molar-refractivity contribution in [3.05, 3.63) is 70.7 Å². The summed E-state index contributed by atoms with van der Waals surface area (Å²) in [6, 6.07) is 18.0. The van der Waals surface area contributed by atoms with Crippen LogP contribution < -0.4 is 11.1 Å². The number of nitrogens with two attached hydrogens (primary N) is 1. The van der Waals surface area contributed by atoms with Gasteiger partial charge in [0, 0.05) is 30.6 Å². The Morgan fingerprint density at radius 2 is 1.92 bits per heavy atom. The van der Waals surface area contributed by atoms with Crippen molar-refractivity contribution in [2.24, 2.45) is 11.7 Å². The fourth-order valence-electron chi connectivity index (χ4n) is 3.51. The molecular weight excluding hydrogens is 369 g/mol. The van der Waals surface area contributed by atoms with Crippen molar-refractivity contribution in [1.82, 2.24) is 10.2 Å². The number of benzene rings is 2. The highest BCUT2D eigenvalue weighted by Crippen LogP contribution is 2.31. The summed E-state index contributed by atoms with van der Waals surface area (Å²) in [5, 5.41) is 3.65. The first kappa shape index (κ1) is 20.7. The zero-order valence-corrected chi connectivity index (χ0v) is 16.2. The minimum atomic E-state index is 0. The second-order valence-corrected chi connectivity index (χ2v) is 7.05. The normalized spacial score (nSPS) is 19.8. The Morgan fingerprint density at radius 3 is 2.62 bits per heavy atom. The average Bonchev–Trinajstić information content (AvgIpc) is 3.03. The van der Waals surface area contributed by atoms with Crippen LogP contribution in [0.1, 0.15) is 17.0 Å². The van der Waals surface area contributed by atoms with Gasteiger partial charge in [-0.05, 0) is 35.7 Å². The fraction of sp³-hybridized carbons (Fsp3) is 0.350. The second kappa shape index (κ2) is 9.93. The summed E-state index contributed by atoms with van der Waals surface area (Å²) in [6.07, 6.45) is 0. The number of nitrogens with zero attached hydrogens (tertiary/aromatic N) is 1. The van der Waals surface area contributed by atoms with Gasteiger partial charge in [0.1, 0.15) is 0 Å². The Bertz CT molecular complexity index is 711. The molecule has 1 fully saturated rings. The number of carbonyl (C=O) groups excluding carboxylic acids is 1. The topological polar surface area (TPSA) is 58.4 Å². The molecule has 2 atom stereocenters. The number of hydrogen-bond acceptors (Lipinski definition) is 3. The maximum absolute atomic E-state index is 12.3. The molecule has 4 nitrogen and oxygen atoms in total. The molecule has 3 rings (SSSR count). The van der Waals surface area contributed by atoms with Gasteiger partial charge in [-0.1, -0.05) is 54.1 Å². The van der Waals surface area contributed by atoms with E-state index in [0.29, 0.717) is 36.5 Å². The van der Waals surface area contributed by atoms with Gasteiger partial charge >= 0.3 is 0 Å². The highest BCUT2D eigenvalue weighted by Gasteiger charge is 2.33. The van der Waals surface area contributed by atoms with Crippen LogP contribution in [0.25, 0.3) is 0 Å². The summed E-state index contributed by atoms with van der Waals surface area (Å²) in [4.78, 5) is 14.5. The van der Waals surface area contributed by atoms with Gasteiger partial charge in [-0.3, -0.25) is 9.69 Å². The van der Waals surface area contributed by atoms with Crippen LogP contribution in [0.15, 0.2) is 54.6 Å². The number of likely N-dealkylation sites (tertiary alicyclic amines) is 1. The molecule has 140 valence electrons. The van der Waals surface area contributed by atoms with Crippen LogP contribution in [-0.2, 0) is 11.3 Å². The molecule has 1 aliphatic heterocycles. The Kier molecular flexibility index (Phi) is 7.91. The first-order valence-corrected chi connectivity index (χ1v) is 9.02. The van der Waals surface area contributed by atoms with Crippen LogP contribution in [0, 0.1) is 5.92 Å². The molecule has 1 aliphatic rings. The smallest absolute Gasteiger partial charge is 0.234 e. The zero-order chi connectivity index (χ0) is 17.6. The Morgan fingerprint density at radius 1 is 1.15 bits per heavy atom. The number of halogens is 2. The van der Waals surface area contributed by atoms with Crippen molar-refractivity contribution >= 4 is 29.9 Å². The second-order valence-electron chi connectivity index (χ2n) is 6.61. The van der Waals surface area contributed by atoms with E-state index in [4.69, 9.17) is 17.3 Å². The molecule has 26 heavy (non-hydrogen) atoms. The van der Waals surface area contributed by atoms with E-state index in [2.05, 4.69) is 34.5 Å². The van der Waals surface area contributed by atoms with Crippen molar-refractivity contribution in [3.63, 3.8) is 0 Å². The maximum Gasteiger partial charge on any atom is 0.234 e. The van der Waals surface area contributed by atoms with Gasteiger partial charge < -0.3 is 11.1 Å². The minimum Gasteiger partial charge on any atom is -0.351 e. The molecule has 0 bridgehead atoms. The van der Waals surface area contributed by atoms with E-state index < -0.39 is 0 Å². The molecule has 1 saturated heterocycles. The van der Waals surface area contributed by atoms with E-state index in [1.807, 2.05) is 30.3 Å². The van der Waals surface area contributed by atoms with E-state index in [-0.39, 0.29) is 18.3 Å². The summed E-state index contributed by atoms with van der Waals surface area (Å²) in [7, 11) is 0. The first-order valence-electron chi connectivity index (χ1n) is 8.64. The van der Waals surface area contributed by atoms with Crippen molar-refractivity contribution in [2.75, 3.05) is 26.2 Å². The lowest BCUT2D eigenvalue weighted by atomic mass is 9.89. The van der Waals surface area contributed by atoms with E-state index in [0.717, 1.165) is 18.7 Å². The monoisotopic (exact) mass is 393 g/mol. The van der Waals surface area contributed by atoms with Gasteiger partial charge in [0.2, 0.25) is 5.91 Å². The van der Waals surface area contributed by atoms with Gasteiger partial charge in [0.15, 0.2) is 0 Å². The number of carbonyl (C=O) groups is 1. The highest BCUT2D eigenvalue weighted by atomic mass is 35.5. The lowest BCUT2D eigenvalue weighted by molar-refractivity contribution is -0.122. The van der Waals surface area contributed by atoms with Gasteiger partial charge in [0.05, 0.1) is 6.54 Å². The quantitative estimate of drug-likeness (QED) is 0.792. The predicted molar refractivity (Wildman–Crippen MR) is 109 cm³/mol. The summed E-state index contributed by atoms with van der Waals surface area (Å²) < 4.78 is 0. The molecule has 1 amide bonds. The van der Waals surface area contributed by atoms with Crippen molar-refractivity contribution in [1.29, 1.82) is 0 Å². The van der Waals surface area contributed by atoms with Crippen LogP contribution >= 0.6 is 24.0 Å². The molecular formula is C20H25Cl2N3O. The number of rotatable bonds is 6. The standard InChI is InChI=1S/C20H24ClN3O.ClH/c21-18-8-4-5-15(9-18)11-23-20(25)14-24-12-17(10-22)19(13-24)16-6-2-1-3-7-16;/h1-9,17,19H,10-14,22H2,(H,23,25);1H/t17-,19+;/m1./s1. The SMILES string of the molecule is Cl.NC[C@@H]1CN(CC(=O)NCc2cccc(Cl)c2)C[C@H]1c1ccccc1. The molecule has 1 heterocycles. The van der Waals surface area contributed by atoms with Crippen molar-refractivity contribution < 1.29 is 4.79 Å². The Hall–Kier alpha value is -1.59. The predicted octanol–water partition coefficient (Wildman–Crippen LogP) is 3.05. The molecule has 0 spiro atoms. The third kappa shape index (κ3) is 5.45. The number of nitrogens with one attached hydrogen (secondary N) is 1. The largest absolute Gasteiger partial charge is 0.351 e. The minimum absolute atomic E-state index is 0. The van der Waals surface area contributed by atoms with Crippen LogP contribution in [-0.4, -0.2) is 37.0 Å². The van der Waals surface area contributed by atoms with Crippen LogP contribution in [0.5, 0.6) is 0 Å². The third-order valence-corrected chi connectivity index (χ3v) is 5.03. The first-order chi connectivity index (χ1) is 12.2. The molecule has 0 saturated carbocycles. The van der Waals surface area contributed by atoms with E-state index >= 15 is 0 Å². The lowest BCUT2D eigenvalue weighted by Crippen LogP contribution is -2.36. The fourth-order valence-corrected chi connectivity index (χ4v) is 3.73. The van der Waals surface area contributed by atoms with E-state index in [9.17, 15) is 4.79 Å². The molecule has 0 aliphatic carbocycles. The molecule has 2 aromatic rings. The van der Waals surface area contributed by atoms with Gasteiger partial charge in [-0.2, -0.15) is 0 Å². The molecule has 0 unspecified atom stereocenters. The summed E-state index contributed by atoms with van der Waals surface area (Å²) in [6.45, 7) is 3.27. The zero-order valence-electron chi connectivity index (χ0n) is 14.6. The van der Waals surface area contributed by atoms with Crippen molar-refractivity contribution in [2.45, 2.75) is 12.5 Å². The summed E-state index contributed by atoms with van der Waals surface area (Å²) >= 11 is 5.97. The average molecular weight is 394 g/mol. The molecule has 3 N–H and O–H groups in total. The number of amides is 1. The van der Waals surface area contributed by atoms with Gasteiger partial charge in [-0.25, -0.2) is 0 Å². The highest BCUT2D eigenvalue weighted by molar-refractivity contribution is 6.30. The maximum atomic E-state index is 12.3. The molecule has 0 radical (unpaired) electrons. The van der Waals surface area contributed by atoms with Gasteiger partial charge in [-0.15, -0.1) is 12.4 Å². The Balaban J connectivity index is 0.00000243. The Labute approximate surface area is 166 Å².